The second kappa shape index (κ2) is 8.40. The molecule has 0 bridgehead atoms. The van der Waals surface area contributed by atoms with Gasteiger partial charge in [-0.3, -0.25) is 9.59 Å². The van der Waals surface area contributed by atoms with E-state index in [-0.39, 0.29) is 36.0 Å². The molecule has 0 aliphatic carbocycles. The van der Waals surface area contributed by atoms with Crippen LogP contribution in [0.4, 0.5) is 4.39 Å². The lowest BCUT2D eigenvalue weighted by atomic mass is 9.90. The molecule has 2 heterocycles. The van der Waals surface area contributed by atoms with E-state index in [4.69, 9.17) is 0 Å². The lowest BCUT2D eigenvalue weighted by Crippen LogP contribution is -2.45. The Bertz CT molecular complexity index is 766. The van der Waals surface area contributed by atoms with E-state index in [0.29, 0.717) is 18.7 Å². The largest absolute Gasteiger partial charge is 0.347 e. The molecule has 1 aliphatic rings. The number of aromatic nitrogens is 1. The first-order valence-electron chi connectivity index (χ1n) is 8.71. The summed E-state index contributed by atoms with van der Waals surface area (Å²) >= 11 is 1.51. The number of carbonyl (C=O) groups excluding carboxylic acids is 2. The molecule has 0 spiro atoms. The molecule has 1 aliphatic heterocycles. The van der Waals surface area contributed by atoms with Crippen molar-refractivity contribution in [1.29, 1.82) is 0 Å². The van der Waals surface area contributed by atoms with Crippen molar-refractivity contribution in [2.75, 3.05) is 13.1 Å². The Kier molecular flexibility index (Phi) is 5.98. The van der Waals surface area contributed by atoms with Crippen molar-refractivity contribution in [3.63, 3.8) is 0 Å². The lowest BCUT2D eigenvalue weighted by Gasteiger charge is -2.36. The van der Waals surface area contributed by atoms with Gasteiger partial charge >= 0.3 is 0 Å². The summed E-state index contributed by atoms with van der Waals surface area (Å²) in [6.07, 6.45) is 3.71. The van der Waals surface area contributed by atoms with Gasteiger partial charge in [0.1, 0.15) is 10.8 Å². The summed E-state index contributed by atoms with van der Waals surface area (Å²) in [5, 5.41) is 5.74. The normalized spacial score (nSPS) is 18.4. The Morgan fingerprint density at radius 2 is 2.31 bits per heavy atom. The van der Waals surface area contributed by atoms with Crippen LogP contribution in [-0.4, -0.2) is 34.8 Å². The molecule has 1 fully saturated rings. The fourth-order valence-electron chi connectivity index (χ4n) is 3.43. The predicted octanol–water partition coefficient (Wildman–Crippen LogP) is 2.94. The van der Waals surface area contributed by atoms with Crippen LogP contribution in [0.1, 0.15) is 36.4 Å². The van der Waals surface area contributed by atoms with Gasteiger partial charge in [0, 0.05) is 37.5 Å². The van der Waals surface area contributed by atoms with E-state index in [9.17, 15) is 14.0 Å². The second-order valence-corrected chi connectivity index (χ2v) is 7.52. The number of halogens is 1. The maximum Gasteiger partial charge on any atom is 0.227 e. The van der Waals surface area contributed by atoms with Crippen LogP contribution in [0.3, 0.4) is 0 Å². The lowest BCUT2D eigenvalue weighted by molar-refractivity contribution is -0.132. The molecule has 3 rings (SSSR count). The summed E-state index contributed by atoms with van der Waals surface area (Å²) in [4.78, 5) is 30.5. The number of rotatable bonds is 5. The maximum absolute atomic E-state index is 13.3. The summed E-state index contributed by atoms with van der Waals surface area (Å²) in [7, 11) is 0. The van der Waals surface area contributed by atoms with Crippen molar-refractivity contribution in [3.05, 3.63) is 52.2 Å². The fraction of sp³-hybridized carbons (Fsp3) is 0.421. The smallest absolute Gasteiger partial charge is 0.227 e. The van der Waals surface area contributed by atoms with Crippen LogP contribution in [0.2, 0.25) is 0 Å². The van der Waals surface area contributed by atoms with Crippen molar-refractivity contribution in [3.8, 4) is 0 Å². The third-order valence-corrected chi connectivity index (χ3v) is 5.46. The van der Waals surface area contributed by atoms with Crippen LogP contribution in [0, 0.1) is 11.7 Å². The number of nitrogens with one attached hydrogen (secondary N) is 1. The Labute approximate surface area is 156 Å². The molecule has 1 aromatic heterocycles. The second-order valence-electron chi connectivity index (χ2n) is 6.60. The fourth-order valence-corrected chi connectivity index (χ4v) is 4.21. The Morgan fingerprint density at radius 3 is 3.00 bits per heavy atom. The van der Waals surface area contributed by atoms with Gasteiger partial charge in [-0.25, -0.2) is 9.37 Å². The summed E-state index contributed by atoms with van der Waals surface area (Å²) in [6.45, 7) is 2.75. The van der Waals surface area contributed by atoms with E-state index in [1.165, 1.54) is 30.4 Å². The monoisotopic (exact) mass is 375 g/mol. The quantitative estimate of drug-likeness (QED) is 0.874. The highest BCUT2D eigenvalue weighted by Gasteiger charge is 2.32. The molecule has 138 valence electrons. The minimum Gasteiger partial charge on any atom is -0.347 e. The predicted molar refractivity (Wildman–Crippen MR) is 98.1 cm³/mol. The van der Waals surface area contributed by atoms with E-state index in [1.807, 2.05) is 10.3 Å². The minimum atomic E-state index is -0.332. The highest BCUT2D eigenvalue weighted by Crippen LogP contribution is 2.31. The molecule has 0 radical (unpaired) electrons. The van der Waals surface area contributed by atoms with Gasteiger partial charge < -0.3 is 10.2 Å². The van der Waals surface area contributed by atoms with Crippen molar-refractivity contribution < 1.29 is 14.0 Å². The molecule has 1 aromatic carbocycles. The topological polar surface area (TPSA) is 62.3 Å². The molecule has 2 atom stereocenters. The molecule has 1 saturated heterocycles. The summed E-state index contributed by atoms with van der Waals surface area (Å²) in [6, 6.07) is 5.97. The van der Waals surface area contributed by atoms with Gasteiger partial charge in [-0.1, -0.05) is 12.1 Å². The number of likely N-dealkylation sites (tertiary alicyclic amines) is 1. The minimum absolute atomic E-state index is 0.0130. The molecule has 2 aromatic rings. The Morgan fingerprint density at radius 1 is 1.46 bits per heavy atom. The number of nitrogens with zero attached hydrogens (tertiary/aromatic N) is 2. The molecule has 26 heavy (non-hydrogen) atoms. The molecule has 1 N–H and O–H groups in total. The first-order valence-corrected chi connectivity index (χ1v) is 9.59. The van der Waals surface area contributed by atoms with Crippen LogP contribution >= 0.6 is 11.3 Å². The zero-order valence-electron chi connectivity index (χ0n) is 14.7. The van der Waals surface area contributed by atoms with Gasteiger partial charge in [-0.2, -0.15) is 0 Å². The van der Waals surface area contributed by atoms with Crippen LogP contribution < -0.4 is 5.32 Å². The van der Waals surface area contributed by atoms with E-state index in [0.717, 1.165) is 17.8 Å². The maximum atomic E-state index is 13.3. The third-order valence-electron chi connectivity index (χ3n) is 4.60. The molecular formula is C19H22FN3O2S. The molecule has 7 heteroatoms. The number of carbonyl (C=O) groups is 2. The van der Waals surface area contributed by atoms with Crippen molar-refractivity contribution in [2.24, 2.45) is 5.92 Å². The van der Waals surface area contributed by atoms with Gasteiger partial charge in [0.05, 0.1) is 12.5 Å². The number of hydrogen-bond acceptors (Lipinski definition) is 4. The van der Waals surface area contributed by atoms with Gasteiger partial charge in [0.25, 0.3) is 0 Å². The number of hydrogen-bond donors (Lipinski definition) is 1. The number of benzene rings is 1. The average Bonchev–Trinajstić information content (AvgIpc) is 3.14. The van der Waals surface area contributed by atoms with Gasteiger partial charge in [0.15, 0.2) is 0 Å². The summed E-state index contributed by atoms with van der Waals surface area (Å²) in [5.41, 5.74) is 0.676. The molecule has 0 saturated carbocycles. The first kappa shape index (κ1) is 18.5. The first-order chi connectivity index (χ1) is 12.5. The van der Waals surface area contributed by atoms with E-state index >= 15 is 0 Å². The third kappa shape index (κ3) is 4.66. The number of thiazole rings is 1. The Balaban J connectivity index is 1.69. The van der Waals surface area contributed by atoms with E-state index in [1.54, 1.807) is 18.3 Å². The highest BCUT2D eigenvalue weighted by atomic mass is 32.1. The van der Waals surface area contributed by atoms with E-state index in [2.05, 4.69) is 10.3 Å². The van der Waals surface area contributed by atoms with Gasteiger partial charge in [-0.05, 0) is 30.5 Å². The van der Waals surface area contributed by atoms with Crippen molar-refractivity contribution >= 4 is 23.2 Å². The SMILES string of the molecule is CC(=O)N[C@@H](c1nccs1)[C@H]1CCCN(C(=O)Cc2cccc(F)c2)C1. The standard InChI is InChI=1S/C19H22FN3O2S/c1-13(24)22-18(19-21-7-9-26-19)15-5-3-8-23(12-15)17(25)11-14-4-2-6-16(20)10-14/h2,4,6-7,9-10,15,18H,3,5,8,11-12H2,1H3,(H,22,24)/t15-,18+/m0/s1. The van der Waals surface area contributed by atoms with E-state index < -0.39 is 0 Å². The van der Waals surface area contributed by atoms with Crippen LogP contribution in [-0.2, 0) is 16.0 Å². The van der Waals surface area contributed by atoms with Crippen LogP contribution in [0.25, 0.3) is 0 Å². The molecular weight excluding hydrogens is 353 g/mol. The average molecular weight is 375 g/mol. The zero-order valence-corrected chi connectivity index (χ0v) is 15.5. The van der Waals surface area contributed by atoms with Crippen LogP contribution in [0.5, 0.6) is 0 Å². The number of piperidine rings is 1. The molecule has 0 unspecified atom stereocenters. The van der Waals surface area contributed by atoms with Crippen molar-refractivity contribution in [1.82, 2.24) is 15.2 Å². The highest BCUT2D eigenvalue weighted by molar-refractivity contribution is 7.09. The molecule has 5 nitrogen and oxygen atoms in total. The van der Waals surface area contributed by atoms with Crippen molar-refractivity contribution in [2.45, 2.75) is 32.2 Å². The Hall–Kier alpha value is -2.28. The number of amides is 2. The van der Waals surface area contributed by atoms with Crippen LogP contribution in [0.15, 0.2) is 35.8 Å². The summed E-state index contributed by atoms with van der Waals surface area (Å²) in [5.74, 6) is -0.328. The van der Waals surface area contributed by atoms with Gasteiger partial charge in [0.2, 0.25) is 11.8 Å². The zero-order chi connectivity index (χ0) is 18.5. The van der Waals surface area contributed by atoms with Gasteiger partial charge in [-0.15, -0.1) is 11.3 Å². The summed E-state index contributed by atoms with van der Waals surface area (Å²) < 4.78 is 13.3. The molecule has 2 amide bonds.